The molecule has 0 aliphatic rings. The summed E-state index contributed by atoms with van der Waals surface area (Å²) in [4.78, 5) is 15.5. The van der Waals surface area contributed by atoms with Gasteiger partial charge in [-0.25, -0.2) is 4.98 Å². The van der Waals surface area contributed by atoms with Crippen LogP contribution in [0, 0.1) is 0 Å². The number of hydrogen-bond donors (Lipinski definition) is 2. The fourth-order valence-electron chi connectivity index (χ4n) is 4.93. The molecule has 5 rings (SSSR count). The van der Waals surface area contributed by atoms with Crippen molar-refractivity contribution >= 4 is 17.3 Å². The van der Waals surface area contributed by atoms with E-state index in [1.807, 2.05) is 54.6 Å². The van der Waals surface area contributed by atoms with Gasteiger partial charge in [-0.2, -0.15) is 0 Å². The highest BCUT2D eigenvalue weighted by Crippen LogP contribution is 2.46. The van der Waals surface area contributed by atoms with E-state index in [0.717, 1.165) is 28.7 Å². The van der Waals surface area contributed by atoms with Crippen LogP contribution in [0.1, 0.15) is 52.7 Å². The van der Waals surface area contributed by atoms with Gasteiger partial charge in [-0.15, -0.1) is 0 Å². The summed E-state index contributed by atoms with van der Waals surface area (Å²) in [5.74, 6) is 1.85. The Morgan fingerprint density at radius 1 is 0.667 bits per heavy atom. The summed E-state index contributed by atoms with van der Waals surface area (Å²) in [5.41, 5.74) is 6.50. The minimum absolute atomic E-state index is 0.124. The molecule has 0 saturated carbocycles. The maximum absolute atomic E-state index is 10.6. The SMILES string of the molecule is CC(C)(C)c1cccc(C(C)(C)C)c1N(c1cccc(-c2ccccc2O)n1)c1ccc(-c2ccccn2)[nH]1. The number of nitrogens with zero attached hydrogens (tertiary/aromatic N) is 3. The van der Waals surface area contributed by atoms with Crippen molar-refractivity contribution in [3.05, 3.63) is 108 Å². The summed E-state index contributed by atoms with van der Waals surface area (Å²) in [5, 5.41) is 10.6. The number of pyridine rings is 2. The summed E-state index contributed by atoms with van der Waals surface area (Å²) in [6, 6.07) is 29.9. The highest BCUT2D eigenvalue weighted by Gasteiger charge is 2.31. The zero-order valence-electron chi connectivity index (χ0n) is 23.5. The second-order valence-electron chi connectivity index (χ2n) is 11.9. The number of anilines is 3. The monoisotopic (exact) mass is 516 g/mol. The van der Waals surface area contributed by atoms with Gasteiger partial charge in [0.2, 0.25) is 0 Å². The van der Waals surface area contributed by atoms with Gasteiger partial charge < -0.3 is 10.1 Å². The minimum atomic E-state index is -0.124. The minimum Gasteiger partial charge on any atom is -0.507 e. The van der Waals surface area contributed by atoms with Crippen molar-refractivity contribution in [2.45, 2.75) is 52.4 Å². The molecule has 3 aromatic heterocycles. The van der Waals surface area contributed by atoms with Crippen molar-refractivity contribution in [2.75, 3.05) is 4.90 Å². The maximum atomic E-state index is 10.6. The van der Waals surface area contributed by atoms with E-state index in [0.29, 0.717) is 11.3 Å². The second-order valence-corrected chi connectivity index (χ2v) is 11.9. The van der Waals surface area contributed by atoms with Crippen molar-refractivity contribution in [3.63, 3.8) is 0 Å². The van der Waals surface area contributed by atoms with Gasteiger partial charge in [0, 0.05) is 11.8 Å². The van der Waals surface area contributed by atoms with Crippen LogP contribution in [-0.2, 0) is 10.8 Å². The summed E-state index contributed by atoms with van der Waals surface area (Å²) in [6.07, 6.45) is 1.80. The molecule has 0 aliphatic heterocycles. The normalized spacial score (nSPS) is 11.9. The molecule has 0 amide bonds. The number of para-hydroxylation sites is 2. The van der Waals surface area contributed by atoms with Crippen LogP contribution in [0.15, 0.2) is 97.2 Å². The highest BCUT2D eigenvalue weighted by atomic mass is 16.3. The molecule has 198 valence electrons. The standard InChI is InChI=1S/C34H36N4O/c1-33(2,3)24-14-11-15-25(34(4,5)6)32(24)38(31-21-20-28(37-31)27-16-9-10-22-35-27)30-19-12-17-26(36-30)23-13-7-8-18-29(23)39/h7-22,37,39H,1-6H3. The second kappa shape index (κ2) is 10.1. The molecule has 5 nitrogen and oxygen atoms in total. The van der Waals surface area contributed by atoms with Gasteiger partial charge in [-0.1, -0.05) is 84.0 Å². The van der Waals surface area contributed by atoms with Crippen molar-refractivity contribution in [1.29, 1.82) is 0 Å². The lowest BCUT2D eigenvalue weighted by Gasteiger charge is -2.35. The lowest BCUT2D eigenvalue weighted by molar-refractivity contribution is 0.477. The molecule has 0 saturated heterocycles. The first-order valence-corrected chi connectivity index (χ1v) is 13.3. The van der Waals surface area contributed by atoms with Crippen LogP contribution < -0.4 is 4.90 Å². The molecule has 0 aliphatic carbocycles. The summed E-state index contributed by atoms with van der Waals surface area (Å²) < 4.78 is 0. The Bertz CT molecular complexity index is 1560. The predicted octanol–water partition coefficient (Wildman–Crippen LogP) is 8.91. The van der Waals surface area contributed by atoms with Gasteiger partial charge in [0.25, 0.3) is 0 Å². The molecule has 5 aromatic rings. The van der Waals surface area contributed by atoms with E-state index >= 15 is 0 Å². The molecule has 0 spiro atoms. The number of H-pyrrole nitrogens is 1. The largest absolute Gasteiger partial charge is 0.507 e. The number of hydrogen-bond acceptors (Lipinski definition) is 4. The van der Waals surface area contributed by atoms with Crippen LogP contribution in [-0.4, -0.2) is 20.1 Å². The van der Waals surface area contributed by atoms with Gasteiger partial charge in [0.05, 0.1) is 22.8 Å². The molecule has 5 heteroatoms. The molecule has 0 radical (unpaired) electrons. The predicted molar refractivity (Wildman–Crippen MR) is 161 cm³/mol. The lowest BCUT2D eigenvalue weighted by atomic mass is 9.78. The Morgan fingerprint density at radius 2 is 1.31 bits per heavy atom. The number of aromatic amines is 1. The van der Waals surface area contributed by atoms with Gasteiger partial charge in [-0.05, 0) is 70.5 Å². The molecule has 2 aromatic carbocycles. The van der Waals surface area contributed by atoms with Crippen LogP contribution in [0.2, 0.25) is 0 Å². The van der Waals surface area contributed by atoms with Crippen molar-refractivity contribution in [2.24, 2.45) is 0 Å². The number of rotatable bonds is 5. The van der Waals surface area contributed by atoms with E-state index in [1.54, 1.807) is 12.3 Å². The third kappa shape index (κ3) is 5.30. The number of aromatic hydroxyl groups is 1. The van der Waals surface area contributed by atoms with E-state index in [4.69, 9.17) is 4.98 Å². The van der Waals surface area contributed by atoms with Crippen LogP contribution in [0.3, 0.4) is 0 Å². The van der Waals surface area contributed by atoms with Gasteiger partial charge >= 0.3 is 0 Å². The number of phenols is 1. The fraction of sp³-hybridized carbons (Fsp3) is 0.235. The van der Waals surface area contributed by atoms with E-state index in [9.17, 15) is 5.11 Å². The van der Waals surface area contributed by atoms with Gasteiger partial charge in [0.1, 0.15) is 17.4 Å². The average Bonchev–Trinajstić information content (AvgIpc) is 3.38. The first-order chi connectivity index (χ1) is 18.5. The average molecular weight is 517 g/mol. The van der Waals surface area contributed by atoms with Gasteiger partial charge in [0.15, 0.2) is 0 Å². The summed E-state index contributed by atoms with van der Waals surface area (Å²) >= 11 is 0. The first kappa shape index (κ1) is 26.2. The van der Waals surface area contributed by atoms with Crippen molar-refractivity contribution in [3.8, 4) is 28.4 Å². The highest BCUT2D eigenvalue weighted by molar-refractivity contribution is 5.81. The summed E-state index contributed by atoms with van der Waals surface area (Å²) in [7, 11) is 0. The Labute approximate surface area is 231 Å². The van der Waals surface area contributed by atoms with Gasteiger partial charge in [-0.3, -0.25) is 9.88 Å². The zero-order chi connectivity index (χ0) is 27.8. The Hall–Kier alpha value is -4.38. The van der Waals surface area contributed by atoms with Crippen molar-refractivity contribution in [1.82, 2.24) is 15.0 Å². The Kier molecular flexibility index (Phi) is 6.77. The zero-order valence-corrected chi connectivity index (χ0v) is 23.5. The molecule has 0 unspecified atom stereocenters. The van der Waals surface area contributed by atoms with E-state index in [-0.39, 0.29) is 16.6 Å². The smallest absolute Gasteiger partial charge is 0.139 e. The first-order valence-electron chi connectivity index (χ1n) is 13.3. The number of phenolic OH excluding ortho intramolecular Hbond substituents is 1. The third-order valence-electron chi connectivity index (χ3n) is 6.87. The van der Waals surface area contributed by atoms with E-state index in [1.165, 1.54) is 11.1 Å². The molecule has 0 fully saturated rings. The quantitative estimate of drug-likeness (QED) is 0.245. The number of aromatic nitrogens is 3. The summed E-state index contributed by atoms with van der Waals surface area (Å²) in [6.45, 7) is 13.5. The van der Waals surface area contributed by atoms with Crippen LogP contribution in [0.5, 0.6) is 5.75 Å². The van der Waals surface area contributed by atoms with E-state index in [2.05, 4.69) is 86.7 Å². The third-order valence-corrected chi connectivity index (χ3v) is 6.87. The molecular weight excluding hydrogens is 480 g/mol. The topological polar surface area (TPSA) is 65.0 Å². The maximum Gasteiger partial charge on any atom is 0.139 e. The number of benzene rings is 2. The lowest BCUT2D eigenvalue weighted by Crippen LogP contribution is -2.25. The Balaban J connectivity index is 1.79. The van der Waals surface area contributed by atoms with Crippen LogP contribution >= 0.6 is 0 Å². The molecule has 2 N–H and O–H groups in total. The van der Waals surface area contributed by atoms with E-state index < -0.39 is 0 Å². The molecule has 3 heterocycles. The molecular formula is C34H36N4O. The number of nitrogens with one attached hydrogen (secondary N) is 1. The molecule has 0 bridgehead atoms. The Morgan fingerprint density at radius 3 is 1.95 bits per heavy atom. The van der Waals surface area contributed by atoms with Crippen molar-refractivity contribution < 1.29 is 5.11 Å². The fourth-order valence-corrected chi connectivity index (χ4v) is 4.93. The van der Waals surface area contributed by atoms with Crippen LogP contribution in [0.25, 0.3) is 22.6 Å². The molecule has 39 heavy (non-hydrogen) atoms. The van der Waals surface area contributed by atoms with Crippen LogP contribution in [0.4, 0.5) is 17.3 Å². The molecule has 0 atom stereocenters.